The van der Waals surface area contributed by atoms with Crippen molar-refractivity contribution in [3.63, 3.8) is 0 Å². The van der Waals surface area contributed by atoms with Crippen LogP contribution < -0.4 is 19.7 Å². The van der Waals surface area contributed by atoms with Crippen LogP contribution in [0.2, 0.25) is 0 Å². The minimum atomic E-state index is -0.308. The highest BCUT2D eigenvalue weighted by molar-refractivity contribution is 7.17. The maximum Gasteiger partial charge on any atom is 0.295 e. The van der Waals surface area contributed by atoms with E-state index in [1.165, 1.54) is 7.11 Å². The molecule has 1 aliphatic rings. The number of ether oxygens (including phenoxy) is 2. The monoisotopic (exact) mass is 397 g/mol. The Morgan fingerprint density at radius 3 is 2.96 bits per heavy atom. The Bertz CT molecular complexity index is 1040. The fourth-order valence-corrected chi connectivity index (χ4v) is 3.57. The van der Waals surface area contributed by atoms with Crippen molar-refractivity contribution < 1.29 is 14.3 Å². The second-order valence-corrected chi connectivity index (χ2v) is 7.30. The van der Waals surface area contributed by atoms with E-state index in [1.54, 1.807) is 6.20 Å². The van der Waals surface area contributed by atoms with Crippen LogP contribution in [0.5, 0.6) is 10.9 Å². The van der Waals surface area contributed by atoms with Crippen molar-refractivity contribution >= 4 is 28.1 Å². The van der Waals surface area contributed by atoms with Crippen LogP contribution in [0.4, 0.5) is 10.8 Å². The van der Waals surface area contributed by atoms with Crippen LogP contribution in [0, 0.1) is 6.92 Å². The van der Waals surface area contributed by atoms with Gasteiger partial charge in [0, 0.05) is 18.9 Å². The average Bonchev–Trinajstić information content (AvgIpc) is 3.15. The number of nitrogens with zero attached hydrogens (tertiary/aromatic N) is 4. The minimum absolute atomic E-state index is 0.308. The third-order valence-corrected chi connectivity index (χ3v) is 5.25. The molecule has 28 heavy (non-hydrogen) atoms. The molecule has 0 aliphatic carbocycles. The molecule has 0 saturated carbocycles. The standard InChI is InChI=1S/C19H19N5O3S/c1-11-8-13(12-4-5-15-16(9-12)27-7-6-24(15)2)14(10-20-11)17(25)21-18-22-23-19(26-3)28-18/h4-5,8-10H,6-7H2,1-3H3,(H,21,22,25). The highest BCUT2D eigenvalue weighted by Gasteiger charge is 2.20. The van der Waals surface area contributed by atoms with Crippen LogP contribution in [-0.2, 0) is 0 Å². The Balaban J connectivity index is 1.69. The number of pyridine rings is 1. The summed E-state index contributed by atoms with van der Waals surface area (Å²) in [6, 6.07) is 7.86. The number of fused-ring (bicyclic) bond motifs is 1. The van der Waals surface area contributed by atoms with Gasteiger partial charge in [0.05, 0.1) is 24.9 Å². The third kappa shape index (κ3) is 3.48. The first kappa shape index (κ1) is 18.2. The van der Waals surface area contributed by atoms with Crippen molar-refractivity contribution in [2.24, 2.45) is 0 Å². The van der Waals surface area contributed by atoms with E-state index in [4.69, 9.17) is 9.47 Å². The lowest BCUT2D eigenvalue weighted by atomic mass is 9.99. The topological polar surface area (TPSA) is 89.5 Å². The molecule has 0 saturated heterocycles. The number of likely N-dealkylation sites (N-methyl/N-ethyl adjacent to an activating group) is 1. The summed E-state index contributed by atoms with van der Waals surface area (Å²) >= 11 is 1.16. The fourth-order valence-electron chi connectivity index (χ4n) is 3.01. The largest absolute Gasteiger partial charge is 0.490 e. The minimum Gasteiger partial charge on any atom is -0.490 e. The van der Waals surface area contributed by atoms with E-state index in [0.29, 0.717) is 22.5 Å². The SMILES string of the molecule is COc1nnc(NC(=O)c2cnc(C)cc2-c2ccc3c(c2)OCCN3C)s1. The van der Waals surface area contributed by atoms with Crippen molar-refractivity contribution in [3.8, 4) is 22.1 Å². The van der Waals surface area contributed by atoms with Gasteiger partial charge in [-0.25, -0.2) is 0 Å². The number of nitrogens with one attached hydrogen (secondary N) is 1. The summed E-state index contributed by atoms with van der Waals surface area (Å²) in [7, 11) is 3.54. The quantitative estimate of drug-likeness (QED) is 0.724. The van der Waals surface area contributed by atoms with Gasteiger partial charge in [0.2, 0.25) is 5.13 Å². The van der Waals surface area contributed by atoms with Gasteiger partial charge in [-0.1, -0.05) is 11.2 Å². The molecule has 3 heterocycles. The molecular formula is C19H19N5O3S. The first-order valence-electron chi connectivity index (χ1n) is 8.69. The normalized spacial score (nSPS) is 12.9. The van der Waals surface area contributed by atoms with Gasteiger partial charge in [0.1, 0.15) is 12.4 Å². The molecule has 0 bridgehead atoms. The molecule has 9 heteroatoms. The van der Waals surface area contributed by atoms with Gasteiger partial charge in [0.25, 0.3) is 11.1 Å². The number of aromatic nitrogens is 3. The number of hydrogen-bond acceptors (Lipinski definition) is 8. The summed E-state index contributed by atoms with van der Waals surface area (Å²) in [6.45, 7) is 3.37. The number of rotatable bonds is 4. The average molecular weight is 397 g/mol. The van der Waals surface area contributed by atoms with E-state index in [9.17, 15) is 4.79 Å². The second-order valence-electron chi connectivity index (χ2n) is 6.36. The number of hydrogen-bond donors (Lipinski definition) is 1. The van der Waals surface area contributed by atoms with E-state index < -0.39 is 0 Å². The first-order valence-corrected chi connectivity index (χ1v) is 9.50. The number of carbonyl (C=O) groups excluding carboxylic acids is 1. The van der Waals surface area contributed by atoms with Crippen molar-refractivity contribution in [1.82, 2.24) is 15.2 Å². The Labute approximate surface area is 166 Å². The predicted octanol–water partition coefficient (Wildman–Crippen LogP) is 3.00. The van der Waals surface area contributed by atoms with E-state index in [1.807, 2.05) is 38.2 Å². The summed E-state index contributed by atoms with van der Waals surface area (Å²) in [4.78, 5) is 19.3. The maximum atomic E-state index is 12.9. The predicted molar refractivity (Wildman–Crippen MR) is 108 cm³/mol. The summed E-state index contributed by atoms with van der Waals surface area (Å²) in [6.07, 6.45) is 1.57. The molecule has 1 amide bonds. The van der Waals surface area contributed by atoms with Crippen LogP contribution >= 0.6 is 11.3 Å². The van der Waals surface area contributed by atoms with Gasteiger partial charge in [-0.3, -0.25) is 15.1 Å². The third-order valence-electron chi connectivity index (χ3n) is 4.45. The van der Waals surface area contributed by atoms with Gasteiger partial charge in [-0.2, -0.15) is 0 Å². The molecular weight excluding hydrogens is 378 g/mol. The van der Waals surface area contributed by atoms with E-state index >= 15 is 0 Å². The van der Waals surface area contributed by atoms with Crippen molar-refractivity contribution in [2.45, 2.75) is 6.92 Å². The van der Waals surface area contributed by atoms with Crippen molar-refractivity contribution in [2.75, 3.05) is 37.5 Å². The number of methoxy groups -OCH3 is 1. The lowest BCUT2D eigenvalue weighted by Gasteiger charge is -2.28. The molecule has 0 fully saturated rings. The van der Waals surface area contributed by atoms with E-state index in [0.717, 1.165) is 46.1 Å². The zero-order valence-corrected chi connectivity index (χ0v) is 16.5. The Hall–Kier alpha value is -3.20. The first-order chi connectivity index (χ1) is 13.5. The zero-order valence-electron chi connectivity index (χ0n) is 15.7. The van der Waals surface area contributed by atoms with Crippen LogP contribution in [0.1, 0.15) is 16.1 Å². The summed E-state index contributed by atoms with van der Waals surface area (Å²) in [5.74, 6) is 0.498. The second kappa shape index (κ2) is 7.43. The number of anilines is 2. The lowest BCUT2D eigenvalue weighted by molar-refractivity contribution is 0.102. The summed E-state index contributed by atoms with van der Waals surface area (Å²) in [5, 5.41) is 11.2. The number of amides is 1. The van der Waals surface area contributed by atoms with E-state index in [2.05, 4.69) is 25.4 Å². The molecule has 2 aromatic heterocycles. The van der Waals surface area contributed by atoms with Gasteiger partial charge in [0.15, 0.2) is 0 Å². The molecule has 3 aromatic rings. The molecule has 0 radical (unpaired) electrons. The highest BCUT2D eigenvalue weighted by Crippen LogP contribution is 2.36. The molecule has 1 N–H and O–H groups in total. The molecule has 0 unspecified atom stereocenters. The van der Waals surface area contributed by atoms with Crippen molar-refractivity contribution in [1.29, 1.82) is 0 Å². The lowest BCUT2D eigenvalue weighted by Crippen LogP contribution is -2.28. The Morgan fingerprint density at radius 2 is 2.18 bits per heavy atom. The highest BCUT2D eigenvalue weighted by atomic mass is 32.1. The summed E-state index contributed by atoms with van der Waals surface area (Å²) < 4.78 is 10.8. The molecule has 1 aliphatic heterocycles. The number of aryl methyl sites for hydroxylation is 1. The van der Waals surface area contributed by atoms with Crippen LogP contribution in [0.25, 0.3) is 11.1 Å². The molecule has 144 valence electrons. The Morgan fingerprint density at radius 1 is 1.32 bits per heavy atom. The molecule has 4 rings (SSSR count). The molecule has 0 atom stereocenters. The van der Waals surface area contributed by atoms with E-state index in [-0.39, 0.29) is 5.91 Å². The van der Waals surface area contributed by atoms with Crippen LogP contribution in [0.15, 0.2) is 30.5 Å². The summed E-state index contributed by atoms with van der Waals surface area (Å²) in [5.41, 5.74) is 3.97. The molecule has 8 nitrogen and oxygen atoms in total. The van der Waals surface area contributed by atoms with Crippen molar-refractivity contribution in [3.05, 3.63) is 41.7 Å². The van der Waals surface area contributed by atoms with Gasteiger partial charge < -0.3 is 14.4 Å². The molecule has 0 spiro atoms. The van der Waals surface area contributed by atoms with Gasteiger partial charge >= 0.3 is 0 Å². The Kier molecular flexibility index (Phi) is 4.82. The fraction of sp³-hybridized carbons (Fsp3) is 0.263. The number of benzene rings is 1. The smallest absolute Gasteiger partial charge is 0.295 e. The zero-order chi connectivity index (χ0) is 19.7. The van der Waals surface area contributed by atoms with Gasteiger partial charge in [-0.05, 0) is 47.6 Å². The maximum absolute atomic E-state index is 12.9. The van der Waals surface area contributed by atoms with Crippen LogP contribution in [0.3, 0.4) is 0 Å². The number of carbonyl (C=O) groups is 1. The molecule has 1 aromatic carbocycles. The van der Waals surface area contributed by atoms with Crippen LogP contribution in [-0.4, -0.2) is 48.4 Å². The van der Waals surface area contributed by atoms with Gasteiger partial charge in [-0.15, -0.1) is 5.10 Å².